The van der Waals surface area contributed by atoms with Gasteiger partial charge in [0.25, 0.3) is 0 Å². The van der Waals surface area contributed by atoms with Crippen LogP contribution >= 0.6 is 11.8 Å². The number of aromatic nitrogens is 3. The van der Waals surface area contributed by atoms with E-state index in [-0.39, 0.29) is 5.91 Å². The van der Waals surface area contributed by atoms with E-state index in [2.05, 4.69) is 67.5 Å². The third-order valence-electron chi connectivity index (χ3n) is 3.39. The van der Waals surface area contributed by atoms with E-state index in [0.29, 0.717) is 24.1 Å². The molecule has 0 radical (unpaired) electrons. The fourth-order valence-electron chi connectivity index (χ4n) is 2.02. The summed E-state index contributed by atoms with van der Waals surface area (Å²) in [6, 6.07) is 8.34. The SMILES string of the molecule is CC(C)CNC(=O)CSc1nncn1-c1ccc(C(C)C)cc1. The minimum absolute atomic E-state index is 0.0217. The highest BCUT2D eigenvalue weighted by molar-refractivity contribution is 7.99. The van der Waals surface area contributed by atoms with Crippen molar-refractivity contribution in [1.29, 1.82) is 0 Å². The van der Waals surface area contributed by atoms with Crippen molar-refractivity contribution < 1.29 is 4.79 Å². The van der Waals surface area contributed by atoms with E-state index >= 15 is 0 Å². The topological polar surface area (TPSA) is 59.8 Å². The van der Waals surface area contributed by atoms with Crippen molar-refractivity contribution in [2.24, 2.45) is 5.92 Å². The summed E-state index contributed by atoms with van der Waals surface area (Å²) in [6.45, 7) is 9.19. The lowest BCUT2D eigenvalue weighted by molar-refractivity contribution is -0.118. The van der Waals surface area contributed by atoms with Crippen molar-refractivity contribution in [2.75, 3.05) is 12.3 Å². The monoisotopic (exact) mass is 332 g/mol. The van der Waals surface area contributed by atoms with E-state index < -0.39 is 0 Å². The van der Waals surface area contributed by atoms with Gasteiger partial charge in [0, 0.05) is 12.2 Å². The molecule has 2 rings (SSSR count). The molecule has 0 saturated heterocycles. The van der Waals surface area contributed by atoms with Crippen molar-refractivity contribution in [2.45, 2.75) is 38.8 Å². The molecule has 0 aliphatic heterocycles. The normalized spacial score (nSPS) is 11.2. The second-order valence-electron chi connectivity index (χ2n) is 6.22. The lowest BCUT2D eigenvalue weighted by atomic mass is 10.0. The highest BCUT2D eigenvalue weighted by Gasteiger charge is 2.10. The van der Waals surface area contributed by atoms with E-state index in [1.54, 1.807) is 6.33 Å². The number of rotatable bonds is 7. The summed E-state index contributed by atoms with van der Waals surface area (Å²) < 4.78 is 1.91. The molecule has 0 spiro atoms. The number of nitrogens with one attached hydrogen (secondary N) is 1. The summed E-state index contributed by atoms with van der Waals surface area (Å²) in [5.41, 5.74) is 2.30. The van der Waals surface area contributed by atoms with Crippen LogP contribution in [-0.2, 0) is 4.79 Å². The molecule has 0 unspecified atom stereocenters. The molecule has 1 aromatic heterocycles. The number of hydrogen-bond acceptors (Lipinski definition) is 4. The first-order valence-corrected chi connectivity index (χ1v) is 8.85. The number of nitrogens with zero attached hydrogens (tertiary/aromatic N) is 3. The molecule has 0 fully saturated rings. The minimum atomic E-state index is 0.0217. The summed E-state index contributed by atoms with van der Waals surface area (Å²) >= 11 is 1.40. The second-order valence-corrected chi connectivity index (χ2v) is 7.16. The summed E-state index contributed by atoms with van der Waals surface area (Å²) in [7, 11) is 0. The Morgan fingerprint density at radius 3 is 2.52 bits per heavy atom. The highest BCUT2D eigenvalue weighted by Crippen LogP contribution is 2.21. The van der Waals surface area contributed by atoms with E-state index in [4.69, 9.17) is 0 Å². The van der Waals surface area contributed by atoms with Gasteiger partial charge in [-0.25, -0.2) is 0 Å². The molecule has 0 saturated carbocycles. The first kappa shape index (κ1) is 17.5. The number of carbonyl (C=O) groups is 1. The maximum Gasteiger partial charge on any atom is 0.230 e. The molecule has 1 N–H and O–H groups in total. The number of benzene rings is 1. The summed E-state index contributed by atoms with van der Waals surface area (Å²) in [4.78, 5) is 11.8. The Labute approximate surface area is 141 Å². The molecule has 2 aromatic rings. The Hall–Kier alpha value is -1.82. The van der Waals surface area contributed by atoms with Crippen molar-refractivity contribution in [3.8, 4) is 5.69 Å². The van der Waals surface area contributed by atoms with Crippen LogP contribution in [0.2, 0.25) is 0 Å². The first-order chi connectivity index (χ1) is 11.0. The third kappa shape index (κ3) is 5.10. The van der Waals surface area contributed by atoms with Gasteiger partial charge in [-0.05, 0) is 29.5 Å². The van der Waals surface area contributed by atoms with Crippen LogP contribution in [0.25, 0.3) is 5.69 Å². The fourth-order valence-corrected chi connectivity index (χ4v) is 2.78. The molecular formula is C17H24N4OS. The fraction of sp³-hybridized carbons (Fsp3) is 0.471. The molecule has 0 atom stereocenters. The maximum absolute atomic E-state index is 11.8. The van der Waals surface area contributed by atoms with Gasteiger partial charge in [0.1, 0.15) is 6.33 Å². The van der Waals surface area contributed by atoms with Gasteiger partial charge in [0.15, 0.2) is 5.16 Å². The molecule has 0 aliphatic carbocycles. The zero-order valence-electron chi connectivity index (χ0n) is 14.1. The highest BCUT2D eigenvalue weighted by atomic mass is 32.2. The van der Waals surface area contributed by atoms with Gasteiger partial charge < -0.3 is 5.32 Å². The van der Waals surface area contributed by atoms with Crippen molar-refractivity contribution in [1.82, 2.24) is 20.1 Å². The number of carbonyl (C=O) groups excluding carboxylic acids is 1. The lowest BCUT2D eigenvalue weighted by Gasteiger charge is -2.10. The van der Waals surface area contributed by atoms with E-state index in [0.717, 1.165) is 10.8 Å². The second kappa shape index (κ2) is 8.15. The average molecular weight is 332 g/mol. The van der Waals surface area contributed by atoms with Gasteiger partial charge in [0.2, 0.25) is 5.91 Å². The standard InChI is InChI=1S/C17H24N4OS/c1-12(2)9-18-16(22)10-23-17-20-19-11-21(17)15-7-5-14(6-8-15)13(3)4/h5-8,11-13H,9-10H2,1-4H3,(H,18,22). The summed E-state index contributed by atoms with van der Waals surface area (Å²) in [5, 5.41) is 11.7. The van der Waals surface area contributed by atoms with Gasteiger partial charge in [0.05, 0.1) is 5.75 Å². The van der Waals surface area contributed by atoms with E-state index in [1.807, 2.05) is 4.57 Å². The number of amides is 1. The van der Waals surface area contributed by atoms with E-state index in [9.17, 15) is 4.79 Å². The zero-order chi connectivity index (χ0) is 16.8. The first-order valence-electron chi connectivity index (χ1n) is 7.87. The molecule has 0 aliphatic rings. The van der Waals surface area contributed by atoms with Gasteiger partial charge in [-0.2, -0.15) is 0 Å². The Morgan fingerprint density at radius 1 is 1.22 bits per heavy atom. The van der Waals surface area contributed by atoms with Gasteiger partial charge in [-0.3, -0.25) is 9.36 Å². The van der Waals surface area contributed by atoms with Gasteiger partial charge in [-0.1, -0.05) is 51.6 Å². The average Bonchev–Trinajstić information content (AvgIpc) is 2.99. The van der Waals surface area contributed by atoms with Gasteiger partial charge in [-0.15, -0.1) is 10.2 Å². The third-order valence-corrected chi connectivity index (χ3v) is 4.34. The Morgan fingerprint density at radius 2 is 1.91 bits per heavy atom. The summed E-state index contributed by atoms with van der Waals surface area (Å²) in [5.74, 6) is 1.32. The van der Waals surface area contributed by atoms with Crippen LogP contribution < -0.4 is 5.32 Å². The van der Waals surface area contributed by atoms with Crippen LogP contribution in [0.4, 0.5) is 0 Å². The van der Waals surface area contributed by atoms with Crippen molar-refractivity contribution >= 4 is 17.7 Å². The smallest absolute Gasteiger partial charge is 0.230 e. The number of hydrogen-bond donors (Lipinski definition) is 1. The van der Waals surface area contributed by atoms with Crippen LogP contribution in [-0.4, -0.2) is 33.0 Å². The molecule has 0 bridgehead atoms. The Balaban J connectivity index is 2.00. The van der Waals surface area contributed by atoms with Crippen LogP contribution in [0.1, 0.15) is 39.2 Å². The van der Waals surface area contributed by atoms with Crippen molar-refractivity contribution in [3.05, 3.63) is 36.2 Å². The molecule has 1 aromatic carbocycles. The molecule has 1 heterocycles. The molecule has 6 heteroatoms. The van der Waals surface area contributed by atoms with Crippen LogP contribution in [0.5, 0.6) is 0 Å². The van der Waals surface area contributed by atoms with E-state index in [1.165, 1.54) is 17.3 Å². The van der Waals surface area contributed by atoms with Crippen molar-refractivity contribution in [3.63, 3.8) is 0 Å². The predicted molar refractivity (Wildman–Crippen MR) is 94.0 cm³/mol. The Kier molecular flexibility index (Phi) is 6.21. The van der Waals surface area contributed by atoms with Crippen LogP contribution in [0.15, 0.2) is 35.7 Å². The molecule has 124 valence electrons. The molecular weight excluding hydrogens is 308 g/mol. The zero-order valence-corrected chi connectivity index (χ0v) is 14.9. The largest absolute Gasteiger partial charge is 0.355 e. The lowest BCUT2D eigenvalue weighted by Crippen LogP contribution is -2.28. The quantitative estimate of drug-likeness (QED) is 0.791. The molecule has 1 amide bonds. The number of thioether (sulfide) groups is 1. The molecule has 5 nitrogen and oxygen atoms in total. The maximum atomic E-state index is 11.8. The van der Waals surface area contributed by atoms with Crippen LogP contribution in [0.3, 0.4) is 0 Å². The minimum Gasteiger partial charge on any atom is -0.355 e. The predicted octanol–water partition coefficient (Wildman–Crippen LogP) is 3.26. The van der Waals surface area contributed by atoms with Crippen LogP contribution in [0, 0.1) is 5.92 Å². The molecule has 23 heavy (non-hydrogen) atoms. The van der Waals surface area contributed by atoms with Gasteiger partial charge >= 0.3 is 0 Å². The Bertz CT molecular complexity index is 634. The summed E-state index contributed by atoms with van der Waals surface area (Å²) in [6.07, 6.45) is 1.68.